The van der Waals surface area contributed by atoms with E-state index < -0.39 is 13.0 Å². The summed E-state index contributed by atoms with van der Waals surface area (Å²) in [6.07, 6.45) is 2.29. The first-order valence-electron chi connectivity index (χ1n) is 6.93. The highest BCUT2D eigenvalue weighted by molar-refractivity contribution is 5.75. The zero-order valence-corrected chi connectivity index (χ0v) is 11.5. The molecule has 19 heavy (non-hydrogen) atoms. The van der Waals surface area contributed by atoms with Crippen LogP contribution in [0, 0.1) is 0 Å². The number of carbonyl (C=O) groups is 1. The van der Waals surface area contributed by atoms with Gasteiger partial charge in [-0.3, -0.25) is 4.79 Å². The number of nitrogens with one attached hydrogen (secondary N) is 1. The molecular formula is C13H24F2N2O2. The standard InChI is InChI=1S/C13H24F2N2O2/c1-17(8-5-11-4-2-3-7-16-11)13(18)6-9-19-10-12(14)15/h11-12,16H,2-10H2,1H3. The van der Waals surface area contributed by atoms with E-state index in [1.54, 1.807) is 11.9 Å². The fraction of sp³-hybridized carbons (Fsp3) is 0.923. The number of alkyl halides is 2. The zero-order chi connectivity index (χ0) is 14.1. The summed E-state index contributed by atoms with van der Waals surface area (Å²) in [5.74, 6) is -0.0509. The molecule has 1 aliphatic heterocycles. The molecule has 1 amide bonds. The van der Waals surface area contributed by atoms with Gasteiger partial charge in [-0.05, 0) is 25.8 Å². The fourth-order valence-corrected chi connectivity index (χ4v) is 2.17. The van der Waals surface area contributed by atoms with Gasteiger partial charge in [-0.15, -0.1) is 0 Å². The van der Waals surface area contributed by atoms with E-state index in [1.165, 1.54) is 19.3 Å². The number of piperidine rings is 1. The second-order valence-corrected chi connectivity index (χ2v) is 4.97. The molecular weight excluding hydrogens is 254 g/mol. The van der Waals surface area contributed by atoms with Crippen LogP contribution in [0.25, 0.3) is 0 Å². The van der Waals surface area contributed by atoms with Crippen molar-refractivity contribution in [2.24, 2.45) is 0 Å². The quantitative estimate of drug-likeness (QED) is 0.686. The van der Waals surface area contributed by atoms with Crippen LogP contribution in [-0.2, 0) is 9.53 Å². The number of hydrogen-bond acceptors (Lipinski definition) is 3. The third kappa shape index (κ3) is 7.42. The smallest absolute Gasteiger partial charge is 0.261 e. The van der Waals surface area contributed by atoms with Crippen LogP contribution in [0.15, 0.2) is 0 Å². The first-order valence-corrected chi connectivity index (χ1v) is 6.93. The van der Waals surface area contributed by atoms with Crippen molar-refractivity contribution >= 4 is 5.91 Å². The van der Waals surface area contributed by atoms with Crippen molar-refractivity contribution in [3.05, 3.63) is 0 Å². The molecule has 1 atom stereocenters. The van der Waals surface area contributed by atoms with E-state index in [4.69, 9.17) is 4.74 Å². The van der Waals surface area contributed by atoms with E-state index in [9.17, 15) is 13.6 Å². The second kappa shape index (κ2) is 9.20. The lowest BCUT2D eigenvalue weighted by Crippen LogP contribution is -2.38. The molecule has 0 aromatic heterocycles. The highest BCUT2D eigenvalue weighted by Crippen LogP contribution is 2.10. The van der Waals surface area contributed by atoms with Gasteiger partial charge in [0.25, 0.3) is 6.43 Å². The summed E-state index contributed by atoms with van der Waals surface area (Å²) in [5.41, 5.74) is 0. The maximum Gasteiger partial charge on any atom is 0.261 e. The second-order valence-electron chi connectivity index (χ2n) is 4.97. The Morgan fingerprint density at radius 2 is 2.26 bits per heavy atom. The number of hydrogen-bond donors (Lipinski definition) is 1. The number of nitrogens with zero attached hydrogens (tertiary/aromatic N) is 1. The average molecular weight is 278 g/mol. The minimum atomic E-state index is -2.47. The lowest BCUT2D eigenvalue weighted by molar-refractivity contribution is -0.131. The summed E-state index contributed by atoms with van der Waals surface area (Å²) < 4.78 is 28.3. The molecule has 0 bridgehead atoms. The summed E-state index contributed by atoms with van der Waals surface area (Å²) in [7, 11) is 1.75. The maximum absolute atomic E-state index is 11.8. The molecule has 1 N–H and O–H groups in total. The number of amides is 1. The molecule has 1 heterocycles. The van der Waals surface area contributed by atoms with Gasteiger partial charge >= 0.3 is 0 Å². The predicted molar refractivity (Wildman–Crippen MR) is 69.3 cm³/mol. The van der Waals surface area contributed by atoms with E-state index in [0.717, 1.165) is 13.0 Å². The summed E-state index contributed by atoms with van der Waals surface area (Å²) in [5, 5.41) is 3.43. The Morgan fingerprint density at radius 1 is 1.47 bits per heavy atom. The van der Waals surface area contributed by atoms with Gasteiger partial charge in [-0.25, -0.2) is 8.78 Å². The molecule has 1 aliphatic rings. The molecule has 112 valence electrons. The molecule has 0 aromatic carbocycles. The molecule has 0 aliphatic carbocycles. The molecule has 0 saturated carbocycles. The summed E-state index contributed by atoms with van der Waals surface area (Å²) in [6.45, 7) is 1.23. The number of halogens is 2. The van der Waals surface area contributed by atoms with Crippen molar-refractivity contribution in [2.75, 3.05) is 33.4 Å². The Labute approximate surface area is 113 Å². The SMILES string of the molecule is CN(CCC1CCCCN1)C(=O)CCOCC(F)F. The molecule has 0 radical (unpaired) electrons. The summed E-state index contributed by atoms with van der Waals surface area (Å²) in [4.78, 5) is 13.4. The van der Waals surface area contributed by atoms with Crippen LogP contribution in [0.5, 0.6) is 0 Å². The molecule has 1 rings (SSSR count). The van der Waals surface area contributed by atoms with Gasteiger partial charge in [-0.2, -0.15) is 0 Å². The van der Waals surface area contributed by atoms with E-state index in [2.05, 4.69) is 5.32 Å². The molecule has 0 spiro atoms. The van der Waals surface area contributed by atoms with Crippen molar-refractivity contribution in [3.63, 3.8) is 0 Å². The van der Waals surface area contributed by atoms with Gasteiger partial charge in [0.1, 0.15) is 6.61 Å². The number of ether oxygens (including phenoxy) is 1. The minimum Gasteiger partial charge on any atom is -0.375 e. The van der Waals surface area contributed by atoms with Crippen LogP contribution in [-0.4, -0.2) is 56.6 Å². The normalized spacial score (nSPS) is 19.7. The van der Waals surface area contributed by atoms with Crippen molar-refractivity contribution < 1.29 is 18.3 Å². The molecule has 1 fully saturated rings. The van der Waals surface area contributed by atoms with Crippen molar-refractivity contribution in [1.82, 2.24) is 10.2 Å². The molecule has 1 saturated heterocycles. The molecule has 1 unspecified atom stereocenters. The summed E-state index contributed by atoms with van der Waals surface area (Å²) >= 11 is 0. The van der Waals surface area contributed by atoms with Gasteiger partial charge in [0.2, 0.25) is 5.91 Å². The van der Waals surface area contributed by atoms with Crippen LogP contribution in [0.2, 0.25) is 0 Å². The fourth-order valence-electron chi connectivity index (χ4n) is 2.17. The monoisotopic (exact) mass is 278 g/mol. The Hall–Kier alpha value is -0.750. The Balaban J connectivity index is 2.07. The lowest BCUT2D eigenvalue weighted by Gasteiger charge is -2.26. The Bertz CT molecular complexity index is 259. The topological polar surface area (TPSA) is 41.6 Å². The van der Waals surface area contributed by atoms with Crippen molar-refractivity contribution in [1.29, 1.82) is 0 Å². The predicted octanol–water partition coefficient (Wildman–Crippen LogP) is 1.65. The van der Waals surface area contributed by atoms with E-state index in [1.807, 2.05) is 0 Å². The summed E-state index contributed by atoms with van der Waals surface area (Å²) in [6, 6.07) is 0.499. The van der Waals surface area contributed by atoms with Gasteiger partial charge in [0.05, 0.1) is 13.0 Å². The van der Waals surface area contributed by atoms with E-state index >= 15 is 0 Å². The Kier molecular flexibility index (Phi) is 7.90. The third-order valence-corrected chi connectivity index (χ3v) is 3.36. The van der Waals surface area contributed by atoms with Crippen molar-refractivity contribution in [2.45, 2.75) is 44.6 Å². The number of carbonyl (C=O) groups excluding carboxylic acids is 1. The third-order valence-electron chi connectivity index (χ3n) is 3.36. The zero-order valence-electron chi connectivity index (χ0n) is 11.5. The Morgan fingerprint density at radius 3 is 2.89 bits per heavy atom. The van der Waals surface area contributed by atoms with Gasteiger partial charge in [-0.1, -0.05) is 6.42 Å². The van der Waals surface area contributed by atoms with Crippen molar-refractivity contribution in [3.8, 4) is 0 Å². The highest BCUT2D eigenvalue weighted by atomic mass is 19.3. The molecule has 6 heteroatoms. The number of rotatable bonds is 8. The highest BCUT2D eigenvalue weighted by Gasteiger charge is 2.15. The lowest BCUT2D eigenvalue weighted by atomic mass is 10.0. The first kappa shape index (κ1) is 16.3. The van der Waals surface area contributed by atoms with Gasteiger partial charge in [0, 0.05) is 19.6 Å². The van der Waals surface area contributed by atoms with Crippen LogP contribution in [0.3, 0.4) is 0 Å². The minimum absolute atomic E-state index is 0.0509. The van der Waals surface area contributed by atoms with Gasteiger partial charge < -0.3 is 15.0 Å². The van der Waals surface area contributed by atoms with Crippen LogP contribution in [0.4, 0.5) is 8.78 Å². The largest absolute Gasteiger partial charge is 0.375 e. The van der Waals surface area contributed by atoms with Crippen LogP contribution < -0.4 is 5.32 Å². The molecule has 4 nitrogen and oxygen atoms in total. The average Bonchev–Trinajstić information content (AvgIpc) is 2.41. The first-order chi connectivity index (χ1) is 9.09. The van der Waals surface area contributed by atoms with E-state index in [0.29, 0.717) is 12.6 Å². The van der Waals surface area contributed by atoms with Crippen LogP contribution in [0.1, 0.15) is 32.1 Å². The maximum atomic E-state index is 11.8. The van der Waals surface area contributed by atoms with E-state index in [-0.39, 0.29) is 18.9 Å². The van der Waals surface area contributed by atoms with Gasteiger partial charge in [0.15, 0.2) is 0 Å². The molecule has 0 aromatic rings. The van der Waals surface area contributed by atoms with Crippen LogP contribution >= 0.6 is 0 Å².